The predicted molar refractivity (Wildman–Crippen MR) is 123 cm³/mol. The molecule has 4 rings (SSSR count). The molecule has 0 aliphatic carbocycles. The minimum Gasteiger partial charge on any atom is -0.497 e. The van der Waals surface area contributed by atoms with E-state index in [2.05, 4.69) is 0 Å². The van der Waals surface area contributed by atoms with Crippen LogP contribution < -0.4 is 9.64 Å². The van der Waals surface area contributed by atoms with Crippen molar-refractivity contribution in [1.82, 2.24) is 0 Å². The number of ether oxygens (including phenoxy) is 1. The molecule has 1 atom stereocenters. The average Bonchev–Trinajstić information content (AvgIpc) is 3.14. The zero-order valence-electron chi connectivity index (χ0n) is 17.4. The van der Waals surface area contributed by atoms with Crippen LogP contribution in [-0.2, 0) is 21.1 Å². The van der Waals surface area contributed by atoms with Gasteiger partial charge in [0.05, 0.1) is 31.1 Å². The average molecular weight is 436 g/mol. The van der Waals surface area contributed by atoms with Gasteiger partial charge in [-0.3, -0.25) is 4.79 Å². The largest absolute Gasteiger partial charge is 0.497 e. The van der Waals surface area contributed by atoms with Gasteiger partial charge in [0.15, 0.2) is 9.84 Å². The van der Waals surface area contributed by atoms with Crippen LogP contribution in [0.25, 0.3) is 11.1 Å². The van der Waals surface area contributed by atoms with Crippen molar-refractivity contribution in [2.45, 2.75) is 18.9 Å². The molecule has 0 saturated carbocycles. The molecule has 0 bridgehead atoms. The number of nitrogens with zero attached hydrogens (tertiary/aromatic N) is 1. The van der Waals surface area contributed by atoms with Crippen LogP contribution in [-0.4, -0.2) is 39.0 Å². The Labute approximate surface area is 183 Å². The third kappa shape index (κ3) is 4.97. The molecule has 31 heavy (non-hydrogen) atoms. The zero-order valence-corrected chi connectivity index (χ0v) is 18.2. The Morgan fingerprint density at radius 2 is 1.58 bits per heavy atom. The van der Waals surface area contributed by atoms with Crippen LogP contribution in [0.1, 0.15) is 12.0 Å². The van der Waals surface area contributed by atoms with Crippen LogP contribution >= 0.6 is 0 Å². The first-order chi connectivity index (χ1) is 14.9. The number of amides is 1. The maximum Gasteiger partial charge on any atom is 0.231 e. The van der Waals surface area contributed by atoms with Gasteiger partial charge in [0, 0.05) is 5.69 Å². The second kappa shape index (κ2) is 8.94. The number of carbonyl (C=O) groups is 1. The number of benzene rings is 3. The van der Waals surface area contributed by atoms with Crippen molar-refractivity contribution in [2.24, 2.45) is 0 Å². The molecule has 1 fully saturated rings. The van der Waals surface area contributed by atoms with Gasteiger partial charge in [-0.25, -0.2) is 8.42 Å². The maximum atomic E-state index is 13.3. The molecule has 0 aromatic heterocycles. The van der Waals surface area contributed by atoms with Gasteiger partial charge in [0.25, 0.3) is 0 Å². The summed E-state index contributed by atoms with van der Waals surface area (Å²) >= 11 is 0. The van der Waals surface area contributed by atoms with Crippen molar-refractivity contribution in [2.75, 3.05) is 23.5 Å². The predicted octanol–water partition coefficient (Wildman–Crippen LogP) is 4.13. The van der Waals surface area contributed by atoms with E-state index in [1.165, 1.54) is 0 Å². The lowest BCUT2D eigenvalue weighted by atomic mass is 10.0. The smallest absolute Gasteiger partial charge is 0.231 e. The van der Waals surface area contributed by atoms with Crippen molar-refractivity contribution in [3.63, 3.8) is 0 Å². The Morgan fingerprint density at radius 3 is 2.16 bits per heavy atom. The van der Waals surface area contributed by atoms with Crippen molar-refractivity contribution < 1.29 is 17.9 Å². The highest BCUT2D eigenvalue weighted by Gasteiger charge is 2.35. The summed E-state index contributed by atoms with van der Waals surface area (Å²) in [5, 5.41) is 0. The van der Waals surface area contributed by atoms with Crippen molar-refractivity contribution in [3.8, 4) is 16.9 Å². The lowest BCUT2D eigenvalue weighted by Gasteiger charge is -2.28. The molecule has 0 radical (unpaired) electrons. The van der Waals surface area contributed by atoms with Gasteiger partial charge in [-0.2, -0.15) is 0 Å². The molecule has 5 nitrogen and oxygen atoms in total. The highest BCUT2D eigenvalue weighted by Crippen LogP contribution is 2.28. The fourth-order valence-electron chi connectivity index (χ4n) is 3.99. The van der Waals surface area contributed by atoms with E-state index in [1.54, 1.807) is 36.3 Å². The lowest BCUT2D eigenvalue weighted by molar-refractivity contribution is -0.118. The summed E-state index contributed by atoms with van der Waals surface area (Å²) in [6.45, 7) is 0. The topological polar surface area (TPSA) is 63.7 Å². The number of sulfone groups is 1. The second-order valence-electron chi connectivity index (χ2n) is 7.76. The van der Waals surface area contributed by atoms with E-state index in [1.807, 2.05) is 54.6 Å². The summed E-state index contributed by atoms with van der Waals surface area (Å²) < 4.78 is 29.4. The third-order valence-electron chi connectivity index (χ3n) is 5.61. The number of anilines is 1. The highest BCUT2D eigenvalue weighted by molar-refractivity contribution is 7.91. The highest BCUT2D eigenvalue weighted by atomic mass is 32.2. The molecule has 3 aromatic carbocycles. The number of methoxy groups -OCH3 is 1. The van der Waals surface area contributed by atoms with Gasteiger partial charge in [-0.1, -0.05) is 54.6 Å². The summed E-state index contributed by atoms with van der Waals surface area (Å²) in [7, 11) is -1.54. The summed E-state index contributed by atoms with van der Waals surface area (Å²) in [4.78, 5) is 15.0. The summed E-state index contributed by atoms with van der Waals surface area (Å²) in [5.74, 6) is 0.688. The number of hydrogen-bond donors (Lipinski definition) is 0. The SMILES string of the molecule is COc1ccc(N(C(=O)Cc2ccc(-c3ccccc3)cc2)[C@@H]2CCS(=O)(=O)C2)cc1. The van der Waals surface area contributed by atoms with E-state index in [0.29, 0.717) is 17.9 Å². The maximum absolute atomic E-state index is 13.3. The zero-order chi connectivity index (χ0) is 21.8. The fourth-order valence-corrected chi connectivity index (χ4v) is 5.69. The Balaban J connectivity index is 1.56. The molecule has 0 spiro atoms. The molecule has 0 N–H and O–H groups in total. The summed E-state index contributed by atoms with van der Waals surface area (Å²) in [5.41, 5.74) is 3.79. The first-order valence-corrected chi connectivity index (χ1v) is 12.1. The molecule has 1 amide bonds. The first-order valence-electron chi connectivity index (χ1n) is 10.3. The molecule has 1 saturated heterocycles. The lowest BCUT2D eigenvalue weighted by Crippen LogP contribution is -2.42. The number of hydrogen-bond acceptors (Lipinski definition) is 4. The normalized spacial score (nSPS) is 17.3. The quantitative estimate of drug-likeness (QED) is 0.584. The Bertz CT molecular complexity index is 1140. The van der Waals surface area contributed by atoms with Crippen LogP contribution in [0.15, 0.2) is 78.9 Å². The minimum absolute atomic E-state index is 0.00227. The van der Waals surface area contributed by atoms with Crippen LogP contribution in [0.3, 0.4) is 0 Å². The van der Waals surface area contributed by atoms with Crippen LogP contribution in [0.2, 0.25) is 0 Å². The van der Waals surface area contributed by atoms with Gasteiger partial charge < -0.3 is 9.64 Å². The Kier molecular flexibility index (Phi) is 6.09. The fraction of sp³-hybridized carbons (Fsp3) is 0.240. The third-order valence-corrected chi connectivity index (χ3v) is 7.36. The van der Waals surface area contributed by atoms with Gasteiger partial charge in [-0.05, 0) is 47.4 Å². The van der Waals surface area contributed by atoms with Gasteiger partial charge in [-0.15, -0.1) is 0 Å². The molecule has 0 unspecified atom stereocenters. The molecule has 1 heterocycles. The molecular weight excluding hydrogens is 410 g/mol. The summed E-state index contributed by atoms with van der Waals surface area (Å²) in [6, 6.07) is 24.8. The van der Waals surface area contributed by atoms with E-state index < -0.39 is 9.84 Å². The van der Waals surface area contributed by atoms with Crippen molar-refractivity contribution in [1.29, 1.82) is 0 Å². The van der Waals surface area contributed by atoms with Gasteiger partial charge in [0.1, 0.15) is 5.75 Å². The van der Waals surface area contributed by atoms with E-state index in [0.717, 1.165) is 16.7 Å². The van der Waals surface area contributed by atoms with Crippen LogP contribution in [0.4, 0.5) is 5.69 Å². The molecule has 1 aliphatic rings. The molecule has 160 valence electrons. The van der Waals surface area contributed by atoms with Gasteiger partial charge >= 0.3 is 0 Å². The molecule has 6 heteroatoms. The monoisotopic (exact) mass is 435 g/mol. The van der Waals surface area contributed by atoms with Crippen molar-refractivity contribution >= 4 is 21.4 Å². The van der Waals surface area contributed by atoms with E-state index >= 15 is 0 Å². The standard InChI is InChI=1S/C25H25NO4S/c1-30-24-13-11-22(12-14-24)26(23-15-16-31(28,29)18-23)25(27)17-19-7-9-21(10-8-19)20-5-3-2-4-6-20/h2-14,23H,15-18H2,1H3/t23-/m1/s1. The molecule has 3 aromatic rings. The van der Waals surface area contributed by atoms with Crippen LogP contribution in [0.5, 0.6) is 5.75 Å². The molecular formula is C25H25NO4S. The number of carbonyl (C=O) groups excluding carboxylic acids is 1. The minimum atomic E-state index is -3.12. The van der Waals surface area contributed by atoms with E-state index in [9.17, 15) is 13.2 Å². The first kappa shape index (κ1) is 21.1. The van der Waals surface area contributed by atoms with Gasteiger partial charge in [0.2, 0.25) is 5.91 Å². The van der Waals surface area contributed by atoms with Crippen molar-refractivity contribution in [3.05, 3.63) is 84.4 Å². The van der Waals surface area contributed by atoms with E-state index in [4.69, 9.17) is 4.74 Å². The van der Waals surface area contributed by atoms with E-state index in [-0.39, 0.29) is 29.9 Å². The number of rotatable bonds is 6. The summed E-state index contributed by atoms with van der Waals surface area (Å²) in [6.07, 6.45) is 0.657. The second-order valence-corrected chi connectivity index (χ2v) is 9.99. The molecule has 1 aliphatic heterocycles. The Morgan fingerprint density at radius 1 is 0.935 bits per heavy atom. The Hall–Kier alpha value is -3.12. The van der Waals surface area contributed by atoms with Crippen LogP contribution in [0, 0.1) is 0 Å².